The predicted molar refractivity (Wildman–Crippen MR) is 101 cm³/mol. The number of ether oxygens (including phenoxy) is 1. The molecule has 1 amide bonds. The monoisotopic (exact) mass is 354 g/mol. The molecular formula is C20H26N4O2. The second kappa shape index (κ2) is 8.76. The summed E-state index contributed by atoms with van der Waals surface area (Å²) in [5.41, 5.74) is 1.75. The van der Waals surface area contributed by atoms with E-state index in [0.717, 1.165) is 37.3 Å². The van der Waals surface area contributed by atoms with Gasteiger partial charge in [-0.3, -0.25) is 9.78 Å². The highest BCUT2D eigenvalue weighted by Gasteiger charge is 2.21. The fraction of sp³-hybridized carbons (Fsp3) is 0.450. The first kappa shape index (κ1) is 18.3. The zero-order valence-electron chi connectivity index (χ0n) is 15.4. The van der Waals surface area contributed by atoms with E-state index in [9.17, 15) is 4.79 Å². The van der Waals surface area contributed by atoms with Crippen molar-refractivity contribution >= 4 is 11.7 Å². The van der Waals surface area contributed by atoms with Crippen molar-refractivity contribution in [2.24, 2.45) is 0 Å². The quantitative estimate of drug-likeness (QED) is 0.864. The van der Waals surface area contributed by atoms with Gasteiger partial charge in [-0.25, -0.2) is 4.98 Å². The molecule has 1 fully saturated rings. The van der Waals surface area contributed by atoms with Crippen LogP contribution in [0, 0.1) is 0 Å². The molecule has 138 valence electrons. The molecular weight excluding hydrogens is 328 g/mol. The smallest absolute Gasteiger partial charge is 0.251 e. The van der Waals surface area contributed by atoms with Gasteiger partial charge in [-0.15, -0.1) is 0 Å². The molecule has 1 N–H and O–H groups in total. The van der Waals surface area contributed by atoms with Crippen molar-refractivity contribution in [3.8, 4) is 0 Å². The Kier molecular flexibility index (Phi) is 6.17. The number of hydrogen-bond donors (Lipinski definition) is 1. The van der Waals surface area contributed by atoms with Gasteiger partial charge in [0, 0.05) is 43.3 Å². The average Bonchev–Trinajstić information content (AvgIpc) is 2.67. The third kappa shape index (κ3) is 5.02. The lowest BCUT2D eigenvalue weighted by atomic mass is 10.1. The molecule has 0 saturated carbocycles. The van der Waals surface area contributed by atoms with Crippen LogP contribution in [0.25, 0.3) is 0 Å². The first-order valence-corrected chi connectivity index (χ1v) is 9.14. The lowest BCUT2D eigenvalue weighted by molar-refractivity contribution is 0.0249. The normalized spacial score (nSPS) is 15.3. The van der Waals surface area contributed by atoms with Gasteiger partial charge in [-0.1, -0.05) is 6.07 Å². The molecule has 0 aromatic carbocycles. The fourth-order valence-corrected chi connectivity index (χ4v) is 3.03. The summed E-state index contributed by atoms with van der Waals surface area (Å²) in [5.74, 6) is 0.797. The van der Waals surface area contributed by atoms with Crippen LogP contribution in [-0.2, 0) is 11.3 Å². The molecule has 2 aromatic heterocycles. The van der Waals surface area contributed by atoms with Gasteiger partial charge in [0.25, 0.3) is 5.91 Å². The van der Waals surface area contributed by atoms with Gasteiger partial charge in [0.1, 0.15) is 5.82 Å². The highest BCUT2D eigenvalue weighted by molar-refractivity contribution is 5.94. The number of hydrogen-bond acceptors (Lipinski definition) is 5. The number of carbonyl (C=O) groups is 1. The van der Waals surface area contributed by atoms with Gasteiger partial charge >= 0.3 is 0 Å². The molecule has 0 aliphatic carbocycles. The van der Waals surface area contributed by atoms with Crippen molar-refractivity contribution < 1.29 is 9.53 Å². The summed E-state index contributed by atoms with van der Waals surface area (Å²) >= 11 is 0. The molecule has 0 unspecified atom stereocenters. The maximum Gasteiger partial charge on any atom is 0.251 e. The lowest BCUT2D eigenvalue weighted by Crippen LogP contribution is -2.37. The molecule has 2 aromatic rings. The molecule has 6 nitrogen and oxygen atoms in total. The zero-order valence-corrected chi connectivity index (χ0v) is 15.4. The van der Waals surface area contributed by atoms with Crippen LogP contribution in [0.3, 0.4) is 0 Å². The average molecular weight is 354 g/mol. The maximum absolute atomic E-state index is 12.2. The second-order valence-corrected chi connectivity index (χ2v) is 6.89. The number of anilines is 1. The van der Waals surface area contributed by atoms with E-state index in [2.05, 4.69) is 20.2 Å². The Balaban J connectivity index is 1.52. The predicted octanol–water partition coefficient (Wildman–Crippen LogP) is 2.80. The van der Waals surface area contributed by atoms with E-state index in [-0.39, 0.29) is 18.1 Å². The zero-order chi connectivity index (χ0) is 18.4. The van der Waals surface area contributed by atoms with Gasteiger partial charge in [0.05, 0.1) is 12.7 Å². The van der Waals surface area contributed by atoms with E-state index < -0.39 is 0 Å². The molecule has 26 heavy (non-hydrogen) atoms. The number of carbonyl (C=O) groups excluding carboxylic acids is 1. The highest BCUT2D eigenvalue weighted by Crippen LogP contribution is 2.21. The Morgan fingerprint density at radius 1 is 1.31 bits per heavy atom. The third-order valence-electron chi connectivity index (χ3n) is 4.40. The Morgan fingerprint density at radius 2 is 2.12 bits per heavy atom. The Morgan fingerprint density at radius 3 is 2.81 bits per heavy atom. The molecule has 0 radical (unpaired) electrons. The number of piperidine rings is 1. The van der Waals surface area contributed by atoms with E-state index in [0.29, 0.717) is 12.2 Å². The largest absolute Gasteiger partial charge is 0.373 e. The van der Waals surface area contributed by atoms with Crippen LogP contribution in [0.4, 0.5) is 5.82 Å². The van der Waals surface area contributed by atoms with E-state index in [1.807, 2.05) is 38.2 Å². The molecule has 0 atom stereocenters. The van der Waals surface area contributed by atoms with Gasteiger partial charge in [-0.2, -0.15) is 0 Å². The Hall–Kier alpha value is -2.47. The summed E-state index contributed by atoms with van der Waals surface area (Å²) in [4.78, 5) is 22.9. The van der Waals surface area contributed by atoms with Crippen LogP contribution >= 0.6 is 0 Å². The van der Waals surface area contributed by atoms with Gasteiger partial charge in [0.2, 0.25) is 0 Å². The van der Waals surface area contributed by atoms with Crippen molar-refractivity contribution in [3.05, 3.63) is 54.0 Å². The van der Waals surface area contributed by atoms with Crippen LogP contribution in [0.1, 0.15) is 42.6 Å². The van der Waals surface area contributed by atoms with E-state index in [1.165, 1.54) is 0 Å². The standard InChI is InChI=1S/C20H26N4O2/c1-15(2)23-20(25)17-5-9-22-19(12-17)24-10-6-18(7-11-24)26-14-16-4-3-8-21-13-16/h3-5,8-9,12-13,15,18H,6-7,10-11,14H2,1-2H3,(H,23,25). The van der Waals surface area contributed by atoms with Crippen molar-refractivity contribution in [1.29, 1.82) is 0 Å². The molecule has 1 saturated heterocycles. The summed E-state index contributed by atoms with van der Waals surface area (Å²) < 4.78 is 6.01. The Bertz CT molecular complexity index is 713. The van der Waals surface area contributed by atoms with Crippen LogP contribution in [0.5, 0.6) is 0 Å². The van der Waals surface area contributed by atoms with Gasteiger partial charge in [0.15, 0.2) is 0 Å². The molecule has 1 aliphatic rings. The van der Waals surface area contributed by atoms with Crippen LogP contribution in [-0.4, -0.2) is 41.1 Å². The number of nitrogens with one attached hydrogen (secondary N) is 1. The van der Waals surface area contributed by atoms with Gasteiger partial charge in [-0.05, 0) is 50.5 Å². The highest BCUT2D eigenvalue weighted by atomic mass is 16.5. The second-order valence-electron chi connectivity index (χ2n) is 6.89. The molecule has 0 bridgehead atoms. The van der Waals surface area contributed by atoms with Crippen molar-refractivity contribution in [1.82, 2.24) is 15.3 Å². The first-order valence-electron chi connectivity index (χ1n) is 9.14. The summed E-state index contributed by atoms with van der Waals surface area (Å²) in [5, 5.41) is 2.92. The van der Waals surface area contributed by atoms with Gasteiger partial charge < -0.3 is 15.0 Å². The number of nitrogens with zero attached hydrogens (tertiary/aromatic N) is 3. The molecule has 0 spiro atoms. The fourth-order valence-electron chi connectivity index (χ4n) is 3.03. The number of rotatable bonds is 6. The van der Waals surface area contributed by atoms with Crippen LogP contribution < -0.4 is 10.2 Å². The van der Waals surface area contributed by atoms with Crippen molar-refractivity contribution in [2.75, 3.05) is 18.0 Å². The minimum absolute atomic E-state index is 0.0571. The SMILES string of the molecule is CC(C)NC(=O)c1ccnc(N2CCC(OCc3cccnc3)CC2)c1. The summed E-state index contributed by atoms with van der Waals surface area (Å²) in [6, 6.07) is 7.70. The summed E-state index contributed by atoms with van der Waals surface area (Å²) in [6.07, 6.45) is 7.46. The van der Waals surface area contributed by atoms with E-state index >= 15 is 0 Å². The van der Waals surface area contributed by atoms with Crippen LogP contribution in [0.2, 0.25) is 0 Å². The minimum Gasteiger partial charge on any atom is -0.373 e. The third-order valence-corrected chi connectivity index (χ3v) is 4.40. The van der Waals surface area contributed by atoms with Crippen LogP contribution in [0.15, 0.2) is 42.9 Å². The molecule has 1 aliphatic heterocycles. The molecule has 3 heterocycles. The number of aromatic nitrogens is 2. The Labute approximate surface area is 154 Å². The molecule has 3 rings (SSSR count). The van der Waals surface area contributed by atoms with Crippen molar-refractivity contribution in [3.63, 3.8) is 0 Å². The summed E-state index contributed by atoms with van der Waals surface area (Å²) in [6.45, 7) is 6.26. The molecule has 6 heteroatoms. The minimum atomic E-state index is -0.0571. The topological polar surface area (TPSA) is 67.4 Å². The van der Waals surface area contributed by atoms with E-state index in [1.54, 1.807) is 18.5 Å². The first-order chi connectivity index (χ1) is 12.6. The van der Waals surface area contributed by atoms with Crippen molar-refractivity contribution in [2.45, 2.75) is 45.4 Å². The maximum atomic E-state index is 12.2. The number of amides is 1. The summed E-state index contributed by atoms with van der Waals surface area (Å²) in [7, 11) is 0. The lowest BCUT2D eigenvalue weighted by Gasteiger charge is -2.32. The number of pyridine rings is 2. The van der Waals surface area contributed by atoms with E-state index in [4.69, 9.17) is 4.74 Å².